The molecule has 0 unspecified atom stereocenters. The average Bonchev–Trinajstić information content (AvgIpc) is 3.32. The van der Waals surface area contributed by atoms with E-state index in [0.717, 1.165) is 17.0 Å². The first-order valence-corrected chi connectivity index (χ1v) is 9.92. The van der Waals surface area contributed by atoms with Crippen LogP contribution in [0.1, 0.15) is 30.8 Å². The zero-order valence-corrected chi connectivity index (χ0v) is 18.6. The van der Waals surface area contributed by atoms with Crippen LogP contribution in [0.3, 0.4) is 0 Å². The SMILES string of the molecule is CCOc1cc(/C=N\n2cnnc2-n2nc(C)cc2C)ccc1O[C@@H](C)C(=O)N(C)C. The molecule has 2 heterocycles. The first-order chi connectivity index (χ1) is 14.8. The number of amides is 1. The lowest BCUT2D eigenvalue weighted by Crippen LogP contribution is -2.35. The van der Waals surface area contributed by atoms with Gasteiger partial charge >= 0.3 is 0 Å². The molecule has 0 aliphatic heterocycles. The highest BCUT2D eigenvalue weighted by Crippen LogP contribution is 2.29. The molecule has 0 spiro atoms. The quantitative estimate of drug-likeness (QED) is 0.513. The van der Waals surface area contributed by atoms with Crippen molar-refractivity contribution in [2.24, 2.45) is 5.10 Å². The second-order valence-electron chi connectivity index (χ2n) is 7.19. The van der Waals surface area contributed by atoms with Crippen molar-refractivity contribution in [3.63, 3.8) is 0 Å². The standard InChI is InChI=1S/C21H27N7O3/c1-7-30-19-11-17(8-9-18(19)31-16(4)20(29)26(5)6)12-23-27-13-22-24-21(27)28-15(3)10-14(2)25-28/h8-13,16H,7H2,1-6H3/b23-12-/t16-/m0/s1. The Balaban J connectivity index is 1.84. The van der Waals surface area contributed by atoms with Crippen LogP contribution >= 0.6 is 0 Å². The monoisotopic (exact) mass is 425 g/mol. The molecule has 3 aromatic rings. The Morgan fingerprint density at radius 1 is 1.26 bits per heavy atom. The molecule has 0 bridgehead atoms. The fourth-order valence-electron chi connectivity index (χ4n) is 2.98. The molecular weight excluding hydrogens is 398 g/mol. The number of likely N-dealkylation sites (N-methyl/N-ethyl adjacent to an activating group) is 1. The summed E-state index contributed by atoms with van der Waals surface area (Å²) >= 11 is 0. The number of carbonyl (C=O) groups excluding carboxylic acids is 1. The molecule has 1 amide bonds. The normalized spacial score (nSPS) is 12.2. The molecule has 0 N–H and O–H groups in total. The summed E-state index contributed by atoms with van der Waals surface area (Å²) in [7, 11) is 3.38. The smallest absolute Gasteiger partial charge is 0.273 e. The van der Waals surface area contributed by atoms with Gasteiger partial charge in [-0.05, 0) is 57.5 Å². The van der Waals surface area contributed by atoms with E-state index in [2.05, 4.69) is 20.4 Å². The summed E-state index contributed by atoms with van der Waals surface area (Å²) in [4.78, 5) is 13.6. The van der Waals surface area contributed by atoms with Gasteiger partial charge in [0, 0.05) is 19.8 Å². The zero-order chi connectivity index (χ0) is 22.5. The van der Waals surface area contributed by atoms with E-state index in [4.69, 9.17) is 9.47 Å². The van der Waals surface area contributed by atoms with E-state index in [1.165, 1.54) is 11.2 Å². The van der Waals surface area contributed by atoms with Gasteiger partial charge in [0.2, 0.25) is 0 Å². The third kappa shape index (κ3) is 5.08. The predicted octanol–water partition coefficient (Wildman–Crippen LogP) is 2.22. The molecule has 0 saturated carbocycles. The van der Waals surface area contributed by atoms with Crippen molar-refractivity contribution in [1.82, 2.24) is 29.6 Å². The van der Waals surface area contributed by atoms with Crippen molar-refractivity contribution >= 4 is 12.1 Å². The first kappa shape index (κ1) is 22.0. The Bertz CT molecular complexity index is 1080. The van der Waals surface area contributed by atoms with Gasteiger partial charge < -0.3 is 14.4 Å². The van der Waals surface area contributed by atoms with E-state index in [-0.39, 0.29) is 5.91 Å². The van der Waals surface area contributed by atoms with E-state index >= 15 is 0 Å². The van der Waals surface area contributed by atoms with Crippen molar-refractivity contribution in [3.05, 3.63) is 47.5 Å². The van der Waals surface area contributed by atoms with Gasteiger partial charge in [-0.3, -0.25) is 4.79 Å². The summed E-state index contributed by atoms with van der Waals surface area (Å²) in [5, 5.41) is 16.9. The minimum absolute atomic E-state index is 0.127. The van der Waals surface area contributed by atoms with Gasteiger partial charge in [-0.25, -0.2) is 4.68 Å². The molecule has 0 fully saturated rings. The number of hydrogen-bond acceptors (Lipinski definition) is 7. The molecule has 2 aromatic heterocycles. The minimum Gasteiger partial charge on any atom is -0.490 e. The van der Waals surface area contributed by atoms with Crippen molar-refractivity contribution in [3.8, 4) is 17.4 Å². The summed E-state index contributed by atoms with van der Waals surface area (Å²) < 4.78 is 14.8. The van der Waals surface area contributed by atoms with Crippen LogP contribution < -0.4 is 9.47 Å². The second-order valence-corrected chi connectivity index (χ2v) is 7.19. The van der Waals surface area contributed by atoms with Crippen molar-refractivity contribution in [2.45, 2.75) is 33.8 Å². The average molecular weight is 425 g/mol. The van der Waals surface area contributed by atoms with Gasteiger partial charge in [-0.15, -0.1) is 10.2 Å². The molecule has 0 aliphatic rings. The third-order valence-corrected chi connectivity index (χ3v) is 4.40. The molecule has 0 radical (unpaired) electrons. The van der Waals surface area contributed by atoms with Crippen molar-refractivity contribution in [2.75, 3.05) is 20.7 Å². The number of hydrogen-bond donors (Lipinski definition) is 0. The second kappa shape index (κ2) is 9.41. The number of rotatable bonds is 8. The minimum atomic E-state index is -0.630. The Kier molecular flexibility index (Phi) is 6.68. The Morgan fingerprint density at radius 2 is 2.03 bits per heavy atom. The Morgan fingerprint density at radius 3 is 2.68 bits per heavy atom. The molecule has 31 heavy (non-hydrogen) atoms. The van der Waals surface area contributed by atoms with Crippen molar-refractivity contribution in [1.29, 1.82) is 0 Å². The van der Waals surface area contributed by atoms with Crippen LogP contribution in [0.25, 0.3) is 5.95 Å². The van der Waals surface area contributed by atoms with Crippen LogP contribution in [0.4, 0.5) is 0 Å². The molecule has 3 rings (SSSR count). The van der Waals surface area contributed by atoms with E-state index in [1.54, 1.807) is 42.7 Å². The molecule has 10 heteroatoms. The third-order valence-electron chi connectivity index (χ3n) is 4.40. The van der Waals surface area contributed by atoms with Gasteiger partial charge in [0.15, 0.2) is 17.6 Å². The van der Waals surface area contributed by atoms with Gasteiger partial charge in [0.25, 0.3) is 11.9 Å². The van der Waals surface area contributed by atoms with Crippen LogP contribution in [-0.2, 0) is 4.79 Å². The summed E-state index contributed by atoms with van der Waals surface area (Å²) in [5.74, 6) is 1.39. The van der Waals surface area contributed by atoms with E-state index < -0.39 is 6.10 Å². The van der Waals surface area contributed by atoms with Crippen molar-refractivity contribution < 1.29 is 14.3 Å². The van der Waals surface area contributed by atoms with Crippen LogP contribution in [-0.4, -0.2) is 68.5 Å². The van der Waals surface area contributed by atoms with E-state index in [9.17, 15) is 4.79 Å². The Labute approximate surface area is 181 Å². The van der Waals surface area contributed by atoms with Crippen LogP contribution in [0, 0.1) is 13.8 Å². The maximum atomic E-state index is 12.1. The summed E-state index contributed by atoms with van der Waals surface area (Å²) in [6.45, 7) is 7.91. The number of ether oxygens (including phenoxy) is 2. The molecule has 1 aromatic carbocycles. The maximum Gasteiger partial charge on any atom is 0.273 e. The first-order valence-electron chi connectivity index (χ1n) is 9.92. The molecular formula is C21H27N7O3. The van der Waals surface area contributed by atoms with Gasteiger partial charge in [-0.1, -0.05) is 0 Å². The topological polar surface area (TPSA) is 99.7 Å². The van der Waals surface area contributed by atoms with E-state index in [1.807, 2.05) is 39.0 Å². The number of aromatic nitrogens is 5. The highest BCUT2D eigenvalue weighted by Gasteiger charge is 2.19. The highest BCUT2D eigenvalue weighted by atomic mass is 16.5. The molecule has 1 atom stereocenters. The van der Waals surface area contributed by atoms with Gasteiger partial charge in [0.05, 0.1) is 18.5 Å². The largest absolute Gasteiger partial charge is 0.490 e. The summed E-state index contributed by atoms with van der Waals surface area (Å²) in [6, 6.07) is 7.36. The lowest BCUT2D eigenvalue weighted by atomic mass is 10.2. The molecule has 164 valence electrons. The lowest BCUT2D eigenvalue weighted by Gasteiger charge is -2.20. The number of nitrogens with zero attached hydrogens (tertiary/aromatic N) is 7. The van der Waals surface area contributed by atoms with Gasteiger partial charge in [-0.2, -0.15) is 14.9 Å². The van der Waals surface area contributed by atoms with Crippen LogP contribution in [0.15, 0.2) is 35.7 Å². The number of benzene rings is 1. The lowest BCUT2D eigenvalue weighted by molar-refractivity contribution is -0.135. The fourth-order valence-corrected chi connectivity index (χ4v) is 2.98. The number of aryl methyl sites for hydroxylation is 2. The predicted molar refractivity (Wildman–Crippen MR) is 116 cm³/mol. The summed E-state index contributed by atoms with van der Waals surface area (Å²) in [5.41, 5.74) is 2.61. The maximum absolute atomic E-state index is 12.1. The molecule has 10 nitrogen and oxygen atoms in total. The van der Waals surface area contributed by atoms with Gasteiger partial charge in [0.1, 0.15) is 6.33 Å². The fraction of sp³-hybridized carbons (Fsp3) is 0.381. The summed E-state index contributed by atoms with van der Waals surface area (Å²) in [6.07, 6.45) is 2.55. The van der Waals surface area contributed by atoms with E-state index in [0.29, 0.717) is 24.1 Å². The highest BCUT2D eigenvalue weighted by molar-refractivity contribution is 5.82. The Hall–Kier alpha value is -3.69. The molecule has 0 saturated heterocycles. The van der Waals surface area contributed by atoms with Crippen LogP contribution in [0.2, 0.25) is 0 Å². The molecule has 0 aliphatic carbocycles. The number of carbonyl (C=O) groups is 1. The van der Waals surface area contributed by atoms with Crippen LogP contribution in [0.5, 0.6) is 11.5 Å². The zero-order valence-electron chi connectivity index (χ0n) is 18.6.